The monoisotopic (exact) mass is 276 g/mol. The minimum absolute atomic E-state index is 0.353. The van der Waals surface area contributed by atoms with Crippen molar-refractivity contribution in [2.24, 2.45) is 5.73 Å². The Labute approximate surface area is 117 Å². The summed E-state index contributed by atoms with van der Waals surface area (Å²) in [7, 11) is 0. The van der Waals surface area contributed by atoms with Crippen LogP contribution in [0.1, 0.15) is 11.1 Å². The van der Waals surface area contributed by atoms with Crippen molar-refractivity contribution in [3.05, 3.63) is 64.7 Å². The molecule has 0 spiro atoms. The number of nitrogens with one attached hydrogen (secondary N) is 1. The van der Waals surface area contributed by atoms with E-state index in [1.807, 2.05) is 30.3 Å². The van der Waals surface area contributed by atoms with Crippen LogP contribution in [0.3, 0.4) is 0 Å². The lowest BCUT2D eigenvalue weighted by molar-refractivity contribution is 1.15. The van der Waals surface area contributed by atoms with E-state index in [1.165, 1.54) is 5.56 Å². The molecule has 18 heavy (non-hydrogen) atoms. The third-order valence-electron chi connectivity index (χ3n) is 2.58. The molecule has 0 saturated heterocycles. The van der Waals surface area contributed by atoms with Crippen molar-refractivity contribution < 1.29 is 0 Å². The Balaban J connectivity index is 2.08. The molecule has 92 valence electrons. The summed E-state index contributed by atoms with van der Waals surface area (Å²) in [4.78, 5) is 0.353. The van der Waals surface area contributed by atoms with Gasteiger partial charge in [0, 0.05) is 12.1 Å². The third kappa shape index (κ3) is 3.22. The maximum Gasteiger partial charge on any atom is 0.104 e. The maximum atomic E-state index is 6.16. The lowest BCUT2D eigenvalue weighted by Gasteiger charge is -2.09. The number of benzene rings is 2. The van der Waals surface area contributed by atoms with Crippen molar-refractivity contribution in [3.63, 3.8) is 0 Å². The first-order valence-electron chi connectivity index (χ1n) is 5.54. The van der Waals surface area contributed by atoms with Gasteiger partial charge in [0.05, 0.1) is 10.7 Å². The highest BCUT2D eigenvalue weighted by molar-refractivity contribution is 7.80. The van der Waals surface area contributed by atoms with E-state index >= 15 is 0 Å². The Bertz CT molecular complexity index is 555. The molecule has 0 aliphatic carbocycles. The first-order chi connectivity index (χ1) is 8.66. The molecule has 0 aliphatic heterocycles. The van der Waals surface area contributed by atoms with Crippen LogP contribution in [0.25, 0.3) is 0 Å². The van der Waals surface area contributed by atoms with E-state index in [0.29, 0.717) is 10.0 Å². The molecular weight excluding hydrogens is 264 g/mol. The number of hydrogen-bond donors (Lipinski definition) is 2. The van der Waals surface area contributed by atoms with Crippen LogP contribution < -0.4 is 11.1 Å². The van der Waals surface area contributed by atoms with E-state index in [4.69, 9.17) is 29.6 Å². The minimum atomic E-state index is 0.353. The van der Waals surface area contributed by atoms with Crippen LogP contribution in [-0.2, 0) is 6.54 Å². The molecule has 0 fully saturated rings. The van der Waals surface area contributed by atoms with E-state index in [1.54, 1.807) is 6.07 Å². The second kappa shape index (κ2) is 5.85. The number of thiocarbonyl (C=S) groups is 1. The van der Waals surface area contributed by atoms with E-state index in [2.05, 4.69) is 17.4 Å². The first-order valence-corrected chi connectivity index (χ1v) is 6.32. The fourth-order valence-corrected chi connectivity index (χ4v) is 1.98. The Morgan fingerprint density at radius 1 is 1.17 bits per heavy atom. The highest BCUT2D eigenvalue weighted by atomic mass is 35.5. The second-order valence-electron chi connectivity index (χ2n) is 3.90. The van der Waals surface area contributed by atoms with Gasteiger partial charge in [-0.25, -0.2) is 0 Å². The molecular formula is C14H13ClN2S. The molecule has 0 atom stereocenters. The van der Waals surface area contributed by atoms with Crippen molar-refractivity contribution in [1.82, 2.24) is 0 Å². The van der Waals surface area contributed by atoms with Gasteiger partial charge in [-0.05, 0) is 23.8 Å². The van der Waals surface area contributed by atoms with E-state index < -0.39 is 0 Å². The van der Waals surface area contributed by atoms with Crippen molar-refractivity contribution in [3.8, 4) is 0 Å². The predicted molar refractivity (Wildman–Crippen MR) is 81.1 cm³/mol. The van der Waals surface area contributed by atoms with Gasteiger partial charge in [-0.2, -0.15) is 0 Å². The molecule has 0 bridgehead atoms. The average Bonchev–Trinajstić information content (AvgIpc) is 2.38. The number of hydrogen-bond acceptors (Lipinski definition) is 2. The van der Waals surface area contributed by atoms with Crippen LogP contribution in [0.2, 0.25) is 5.02 Å². The zero-order valence-electron chi connectivity index (χ0n) is 9.69. The molecule has 0 aromatic heterocycles. The molecule has 4 heteroatoms. The van der Waals surface area contributed by atoms with Crippen molar-refractivity contribution in [1.29, 1.82) is 0 Å². The summed E-state index contributed by atoms with van der Waals surface area (Å²) in [5.74, 6) is 0. The van der Waals surface area contributed by atoms with Crippen molar-refractivity contribution in [2.75, 3.05) is 5.32 Å². The normalized spacial score (nSPS) is 10.1. The van der Waals surface area contributed by atoms with Crippen LogP contribution in [0.4, 0.5) is 5.69 Å². The number of rotatable bonds is 4. The van der Waals surface area contributed by atoms with Gasteiger partial charge in [0.1, 0.15) is 4.99 Å². The topological polar surface area (TPSA) is 38.0 Å². The zero-order chi connectivity index (χ0) is 13.0. The lowest BCUT2D eigenvalue weighted by atomic mass is 10.2. The Kier molecular flexibility index (Phi) is 4.18. The van der Waals surface area contributed by atoms with Gasteiger partial charge in [-0.3, -0.25) is 0 Å². The predicted octanol–water partition coefficient (Wildman–Crippen LogP) is 3.59. The zero-order valence-corrected chi connectivity index (χ0v) is 11.3. The van der Waals surface area contributed by atoms with Crippen LogP contribution >= 0.6 is 23.8 Å². The van der Waals surface area contributed by atoms with E-state index in [-0.39, 0.29) is 0 Å². The molecule has 0 unspecified atom stereocenters. The van der Waals surface area contributed by atoms with E-state index in [0.717, 1.165) is 17.8 Å². The summed E-state index contributed by atoms with van der Waals surface area (Å²) >= 11 is 11.1. The van der Waals surface area contributed by atoms with Crippen LogP contribution in [-0.4, -0.2) is 4.99 Å². The summed E-state index contributed by atoms with van der Waals surface area (Å²) < 4.78 is 0. The highest BCUT2D eigenvalue weighted by Crippen LogP contribution is 2.23. The first kappa shape index (κ1) is 12.9. The largest absolute Gasteiger partial charge is 0.389 e. The number of anilines is 1. The van der Waals surface area contributed by atoms with Crippen LogP contribution in [0.5, 0.6) is 0 Å². The molecule has 2 rings (SSSR count). The summed E-state index contributed by atoms with van der Waals surface area (Å²) in [6.07, 6.45) is 0. The average molecular weight is 277 g/mol. The fraction of sp³-hybridized carbons (Fsp3) is 0.0714. The lowest BCUT2D eigenvalue weighted by Crippen LogP contribution is -2.09. The minimum Gasteiger partial charge on any atom is -0.389 e. The quantitative estimate of drug-likeness (QED) is 0.838. The Morgan fingerprint density at radius 2 is 1.89 bits per heavy atom. The van der Waals surface area contributed by atoms with Crippen molar-refractivity contribution in [2.45, 2.75) is 6.54 Å². The highest BCUT2D eigenvalue weighted by Gasteiger charge is 2.03. The Hall–Kier alpha value is -1.58. The standard InChI is InChI=1S/C14H13ClN2S/c15-12-8-11(14(16)18)6-7-13(12)17-9-10-4-2-1-3-5-10/h1-8,17H,9H2,(H2,16,18). The van der Waals surface area contributed by atoms with Gasteiger partial charge in [0.15, 0.2) is 0 Å². The SMILES string of the molecule is NC(=S)c1ccc(NCc2ccccc2)c(Cl)c1. The maximum absolute atomic E-state index is 6.16. The van der Waals surface area contributed by atoms with Gasteiger partial charge in [-0.1, -0.05) is 54.2 Å². The van der Waals surface area contributed by atoms with Gasteiger partial charge >= 0.3 is 0 Å². The summed E-state index contributed by atoms with van der Waals surface area (Å²) in [6, 6.07) is 15.7. The number of halogens is 1. The number of nitrogens with two attached hydrogens (primary N) is 1. The molecule has 0 saturated carbocycles. The van der Waals surface area contributed by atoms with E-state index in [9.17, 15) is 0 Å². The van der Waals surface area contributed by atoms with Crippen molar-refractivity contribution >= 4 is 34.5 Å². The van der Waals surface area contributed by atoms with Crippen LogP contribution in [0.15, 0.2) is 48.5 Å². The van der Waals surface area contributed by atoms with Gasteiger partial charge < -0.3 is 11.1 Å². The summed E-state index contributed by atoms with van der Waals surface area (Å²) in [5.41, 5.74) is 8.40. The summed E-state index contributed by atoms with van der Waals surface area (Å²) in [6.45, 7) is 0.729. The summed E-state index contributed by atoms with van der Waals surface area (Å²) in [5, 5.41) is 3.90. The third-order valence-corrected chi connectivity index (χ3v) is 3.13. The molecule has 0 radical (unpaired) electrons. The van der Waals surface area contributed by atoms with Gasteiger partial charge in [-0.15, -0.1) is 0 Å². The second-order valence-corrected chi connectivity index (χ2v) is 4.75. The molecule has 0 amide bonds. The molecule has 2 aromatic carbocycles. The molecule has 0 aliphatic rings. The molecule has 2 nitrogen and oxygen atoms in total. The molecule has 2 aromatic rings. The Morgan fingerprint density at radius 3 is 2.50 bits per heavy atom. The van der Waals surface area contributed by atoms with Gasteiger partial charge in [0.25, 0.3) is 0 Å². The molecule has 0 heterocycles. The smallest absolute Gasteiger partial charge is 0.104 e. The molecule has 3 N–H and O–H groups in total. The van der Waals surface area contributed by atoms with Gasteiger partial charge in [0.2, 0.25) is 0 Å². The van der Waals surface area contributed by atoms with Crippen LogP contribution in [0, 0.1) is 0 Å². The fourth-order valence-electron chi connectivity index (χ4n) is 1.60.